The molecule has 3 unspecified atom stereocenters. The minimum atomic E-state index is -6.00. The van der Waals surface area contributed by atoms with E-state index in [1.807, 2.05) is 60.7 Å². The monoisotopic (exact) mass is 565 g/mol. The lowest BCUT2D eigenvalue weighted by Crippen LogP contribution is -2.36. The zero-order valence-electron chi connectivity index (χ0n) is 21.1. The van der Waals surface area contributed by atoms with E-state index in [0.29, 0.717) is 19.3 Å². The third kappa shape index (κ3) is 4.06. The molecule has 206 valence electrons. The number of halogens is 3. The van der Waals surface area contributed by atoms with E-state index in [0.717, 1.165) is 34.4 Å². The Bertz CT molecular complexity index is 1610. The standard InChI is InChI=1S/C31H25F3O5S/c32-31(33,34)40(37,38)39-28-16-13-21(29(35)36)18-24(28)25-10-5-17-30(25,26-14-11-19-6-1-3-8-22(19)26)27-15-12-20-7-2-4-9-23(20)27/h1-4,6-9,11-16,18,25-27H,5,10,17H2,(H,35,36)/p-1. The van der Waals surface area contributed by atoms with Crippen molar-refractivity contribution in [2.45, 2.75) is 42.5 Å². The lowest BCUT2D eigenvalue weighted by molar-refractivity contribution is -0.255. The summed E-state index contributed by atoms with van der Waals surface area (Å²) in [4.78, 5) is 11.9. The molecule has 1 fully saturated rings. The molecule has 40 heavy (non-hydrogen) atoms. The Kier molecular flexibility index (Phi) is 6.18. The number of hydrogen-bond acceptors (Lipinski definition) is 5. The zero-order valence-corrected chi connectivity index (χ0v) is 21.9. The fraction of sp³-hybridized carbons (Fsp3) is 0.258. The number of allylic oxidation sites excluding steroid dienone is 2. The average Bonchev–Trinajstić information content (AvgIpc) is 3.65. The molecule has 0 bridgehead atoms. The molecule has 3 aliphatic carbocycles. The van der Waals surface area contributed by atoms with E-state index in [-0.39, 0.29) is 23.0 Å². The summed E-state index contributed by atoms with van der Waals surface area (Å²) in [6.07, 6.45) is 10.1. The second-order valence-corrected chi connectivity index (χ2v) is 12.0. The minimum Gasteiger partial charge on any atom is -0.545 e. The Balaban J connectivity index is 1.58. The SMILES string of the molecule is O=C([O-])c1ccc(OS(=O)(=O)C(F)(F)F)c(C2CCCC2(C2C=Cc3ccccc32)C2C=Cc3ccccc32)c1. The first-order valence-electron chi connectivity index (χ1n) is 12.9. The molecule has 0 spiro atoms. The Morgan fingerprint density at radius 1 is 0.875 bits per heavy atom. The van der Waals surface area contributed by atoms with Gasteiger partial charge in [0.25, 0.3) is 0 Å². The van der Waals surface area contributed by atoms with Gasteiger partial charge in [-0.25, -0.2) is 0 Å². The summed E-state index contributed by atoms with van der Waals surface area (Å²) in [6, 6.07) is 19.0. The third-order valence-electron chi connectivity index (χ3n) is 8.61. The minimum absolute atomic E-state index is 0.114. The van der Waals surface area contributed by atoms with Gasteiger partial charge in [-0.2, -0.15) is 21.6 Å². The topological polar surface area (TPSA) is 83.5 Å². The van der Waals surface area contributed by atoms with Gasteiger partial charge in [0.15, 0.2) is 0 Å². The predicted molar refractivity (Wildman–Crippen MR) is 142 cm³/mol. The summed E-state index contributed by atoms with van der Waals surface area (Å²) in [7, 11) is -6.00. The highest BCUT2D eigenvalue weighted by molar-refractivity contribution is 7.88. The van der Waals surface area contributed by atoms with Gasteiger partial charge in [-0.15, -0.1) is 0 Å². The van der Waals surface area contributed by atoms with Gasteiger partial charge < -0.3 is 14.1 Å². The number of carbonyl (C=O) groups excluding carboxylic acids is 1. The highest BCUT2D eigenvalue weighted by Gasteiger charge is 2.56. The van der Waals surface area contributed by atoms with Crippen LogP contribution < -0.4 is 9.29 Å². The van der Waals surface area contributed by atoms with Crippen molar-refractivity contribution in [3.8, 4) is 5.75 Å². The molecule has 3 aromatic carbocycles. The second-order valence-electron chi connectivity index (χ2n) is 10.5. The summed E-state index contributed by atoms with van der Waals surface area (Å²) in [5, 5.41) is 11.9. The van der Waals surface area contributed by atoms with Crippen molar-refractivity contribution in [2.24, 2.45) is 5.41 Å². The first-order valence-corrected chi connectivity index (χ1v) is 14.3. The quantitative estimate of drug-likeness (QED) is 0.264. The lowest BCUT2D eigenvalue weighted by atomic mass is 9.57. The van der Waals surface area contributed by atoms with Crippen molar-refractivity contribution in [3.05, 3.63) is 112 Å². The van der Waals surface area contributed by atoms with Gasteiger partial charge in [-0.3, -0.25) is 0 Å². The lowest BCUT2D eigenvalue weighted by Gasteiger charge is -2.46. The molecule has 0 saturated heterocycles. The van der Waals surface area contributed by atoms with Crippen molar-refractivity contribution >= 4 is 28.2 Å². The van der Waals surface area contributed by atoms with Crippen LogP contribution in [0.2, 0.25) is 0 Å². The fourth-order valence-corrected chi connectivity index (χ4v) is 7.55. The maximum atomic E-state index is 13.4. The molecule has 5 nitrogen and oxygen atoms in total. The summed E-state index contributed by atoms with van der Waals surface area (Å²) in [5.41, 5.74) is -2.26. The molecule has 0 radical (unpaired) electrons. The summed E-state index contributed by atoms with van der Waals surface area (Å²) in [5.74, 6) is -2.92. The zero-order chi connectivity index (χ0) is 28.3. The van der Waals surface area contributed by atoms with Crippen LogP contribution in [0.1, 0.15) is 75.2 Å². The largest absolute Gasteiger partial charge is 0.545 e. The molecular formula is C31H24F3O5S-. The van der Waals surface area contributed by atoms with Crippen molar-refractivity contribution < 1.29 is 35.7 Å². The number of carboxylic acids is 1. The van der Waals surface area contributed by atoms with E-state index >= 15 is 0 Å². The molecule has 6 rings (SSSR count). The predicted octanol–water partition coefficient (Wildman–Crippen LogP) is 6.15. The van der Waals surface area contributed by atoms with Gasteiger partial charge in [-0.05, 0) is 70.2 Å². The van der Waals surface area contributed by atoms with Gasteiger partial charge in [0.1, 0.15) is 5.75 Å². The molecule has 1 saturated carbocycles. The third-order valence-corrected chi connectivity index (χ3v) is 9.58. The van der Waals surface area contributed by atoms with Crippen LogP contribution in [-0.4, -0.2) is 19.9 Å². The number of benzene rings is 3. The number of carbonyl (C=O) groups is 1. The number of aromatic carboxylic acids is 1. The van der Waals surface area contributed by atoms with E-state index in [2.05, 4.69) is 12.2 Å². The van der Waals surface area contributed by atoms with Crippen LogP contribution >= 0.6 is 0 Å². The Labute approximate surface area is 229 Å². The molecule has 3 aliphatic rings. The fourth-order valence-electron chi connectivity index (χ4n) is 7.06. The van der Waals surface area contributed by atoms with Crippen molar-refractivity contribution in [2.75, 3.05) is 0 Å². The van der Waals surface area contributed by atoms with Crippen molar-refractivity contribution in [1.82, 2.24) is 0 Å². The Morgan fingerprint density at radius 3 is 2.00 bits per heavy atom. The first-order chi connectivity index (χ1) is 19.0. The smallest absolute Gasteiger partial charge is 0.534 e. The molecule has 0 heterocycles. The van der Waals surface area contributed by atoms with Gasteiger partial charge in [0.2, 0.25) is 0 Å². The highest BCUT2D eigenvalue weighted by Crippen LogP contribution is 2.67. The maximum absolute atomic E-state index is 13.4. The van der Waals surface area contributed by atoms with Crippen molar-refractivity contribution in [3.63, 3.8) is 0 Å². The Hall–Kier alpha value is -3.85. The Morgan fingerprint density at radius 2 is 1.45 bits per heavy atom. The van der Waals surface area contributed by atoms with Crippen molar-refractivity contribution in [1.29, 1.82) is 0 Å². The van der Waals surface area contributed by atoms with Gasteiger partial charge in [0, 0.05) is 17.4 Å². The van der Waals surface area contributed by atoms with Crippen LogP contribution in [0.4, 0.5) is 13.2 Å². The van der Waals surface area contributed by atoms with Gasteiger partial charge in [-0.1, -0.05) is 79.3 Å². The van der Waals surface area contributed by atoms with E-state index in [4.69, 9.17) is 4.18 Å². The van der Waals surface area contributed by atoms with E-state index < -0.39 is 38.7 Å². The van der Waals surface area contributed by atoms with Gasteiger partial charge in [0.05, 0.1) is 5.97 Å². The van der Waals surface area contributed by atoms with Gasteiger partial charge >= 0.3 is 15.6 Å². The summed E-state index contributed by atoms with van der Waals surface area (Å²) in [6.45, 7) is 0. The normalized spacial score (nSPS) is 25.1. The van der Waals surface area contributed by atoms with Crippen LogP contribution in [0.5, 0.6) is 5.75 Å². The van der Waals surface area contributed by atoms with Crippen LogP contribution in [0.25, 0.3) is 12.2 Å². The number of fused-ring (bicyclic) bond motifs is 2. The molecule has 0 amide bonds. The van der Waals surface area contributed by atoms with Crippen LogP contribution in [0, 0.1) is 5.41 Å². The molecule has 3 aromatic rings. The highest BCUT2D eigenvalue weighted by atomic mass is 32.2. The van der Waals surface area contributed by atoms with E-state index in [9.17, 15) is 31.5 Å². The number of hydrogen-bond donors (Lipinski definition) is 0. The molecule has 9 heteroatoms. The molecule has 0 N–H and O–H groups in total. The van der Waals surface area contributed by atoms with Crippen LogP contribution in [0.15, 0.2) is 78.9 Å². The van der Waals surface area contributed by atoms with E-state index in [1.54, 1.807) is 0 Å². The number of rotatable bonds is 6. The molecule has 0 aliphatic heterocycles. The van der Waals surface area contributed by atoms with E-state index in [1.165, 1.54) is 6.07 Å². The summed E-state index contributed by atoms with van der Waals surface area (Å²) < 4.78 is 69.0. The maximum Gasteiger partial charge on any atom is 0.534 e. The summed E-state index contributed by atoms with van der Waals surface area (Å²) >= 11 is 0. The number of alkyl halides is 3. The van der Waals surface area contributed by atoms with Crippen LogP contribution in [-0.2, 0) is 10.1 Å². The number of carboxylic acid groups (broad SMARTS) is 1. The van der Waals surface area contributed by atoms with Crippen LogP contribution in [0.3, 0.4) is 0 Å². The molecule has 0 aromatic heterocycles. The average molecular weight is 566 g/mol. The molecular weight excluding hydrogens is 541 g/mol. The molecule has 3 atom stereocenters. The first kappa shape index (κ1) is 26.4. The second kappa shape index (κ2) is 9.37.